The number of H-pyrrole nitrogens is 1. The molecule has 1 aromatic rings. The maximum absolute atomic E-state index is 5.89. The first kappa shape index (κ1) is 11.0. The van der Waals surface area contributed by atoms with Crippen LogP contribution in [-0.2, 0) is 10.3 Å². The number of aromatic amines is 1. The van der Waals surface area contributed by atoms with Gasteiger partial charge >= 0.3 is 0 Å². The van der Waals surface area contributed by atoms with E-state index in [1.807, 2.05) is 0 Å². The first-order valence-corrected chi connectivity index (χ1v) is 6.25. The Morgan fingerprint density at radius 1 is 1.59 bits per heavy atom. The number of nitrogens with zero attached hydrogens (tertiary/aromatic N) is 3. The van der Waals surface area contributed by atoms with Gasteiger partial charge in [-0.2, -0.15) is 4.98 Å². The molecule has 0 aromatic carbocycles. The van der Waals surface area contributed by atoms with E-state index in [0.717, 1.165) is 50.7 Å². The van der Waals surface area contributed by atoms with Gasteiger partial charge in [0.1, 0.15) is 5.60 Å². The van der Waals surface area contributed by atoms with E-state index in [0.29, 0.717) is 0 Å². The number of nitrogens with one attached hydrogen (secondary N) is 1. The van der Waals surface area contributed by atoms with Crippen molar-refractivity contribution in [3.8, 4) is 0 Å². The fourth-order valence-corrected chi connectivity index (χ4v) is 2.57. The normalized spacial score (nSPS) is 33.5. The van der Waals surface area contributed by atoms with Crippen molar-refractivity contribution in [2.24, 2.45) is 5.73 Å². The van der Waals surface area contributed by atoms with Gasteiger partial charge in [0.15, 0.2) is 5.82 Å². The maximum atomic E-state index is 5.89. The summed E-state index contributed by atoms with van der Waals surface area (Å²) in [7, 11) is 0. The largest absolute Gasteiger partial charge is 0.367 e. The van der Waals surface area contributed by atoms with Crippen LogP contribution >= 0.6 is 0 Å². The van der Waals surface area contributed by atoms with Crippen LogP contribution in [0.3, 0.4) is 0 Å². The van der Waals surface area contributed by atoms with Crippen molar-refractivity contribution in [3.63, 3.8) is 0 Å². The third-order valence-corrected chi connectivity index (χ3v) is 3.70. The van der Waals surface area contributed by atoms with Crippen molar-refractivity contribution >= 4 is 5.95 Å². The van der Waals surface area contributed by atoms with Gasteiger partial charge in [-0.05, 0) is 26.2 Å². The highest BCUT2D eigenvalue weighted by Crippen LogP contribution is 2.34. The summed E-state index contributed by atoms with van der Waals surface area (Å²) >= 11 is 0. The zero-order valence-electron chi connectivity index (χ0n) is 10.1. The summed E-state index contributed by atoms with van der Waals surface area (Å²) in [5.74, 6) is 1.59. The lowest BCUT2D eigenvalue weighted by Crippen LogP contribution is -2.27. The Bertz CT molecular complexity index is 398. The summed E-state index contributed by atoms with van der Waals surface area (Å²) in [6, 6.07) is 0.246. The number of aromatic nitrogens is 3. The van der Waals surface area contributed by atoms with E-state index < -0.39 is 0 Å². The molecule has 0 spiro atoms. The fourth-order valence-electron chi connectivity index (χ4n) is 2.57. The third kappa shape index (κ3) is 1.91. The summed E-state index contributed by atoms with van der Waals surface area (Å²) in [5.41, 5.74) is 5.60. The van der Waals surface area contributed by atoms with Gasteiger partial charge in [-0.3, -0.25) is 5.10 Å². The smallest absolute Gasteiger partial charge is 0.244 e. The Labute approximate surface area is 101 Å². The average Bonchev–Trinajstić information content (AvgIpc) is 2.96. The first-order chi connectivity index (χ1) is 8.17. The number of ether oxygens (including phenoxy) is 1. The predicted octanol–water partition coefficient (Wildman–Crippen LogP) is 0.368. The van der Waals surface area contributed by atoms with Crippen LogP contribution < -0.4 is 10.6 Å². The second kappa shape index (κ2) is 3.96. The molecule has 3 heterocycles. The van der Waals surface area contributed by atoms with Gasteiger partial charge in [0.25, 0.3) is 0 Å². The Morgan fingerprint density at radius 3 is 3.12 bits per heavy atom. The standard InChI is InChI=1S/C11H19N5O/c1-11(4-2-6-17-11)9-13-10(15-14-9)16-5-3-8(12)7-16/h8H,2-7,12H2,1H3,(H,13,14,15). The molecule has 1 aromatic heterocycles. The lowest BCUT2D eigenvalue weighted by atomic mass is 10.0. The molecule has 3 N–H and O–H groups in total. The molecule has 2 atom stereocenters. The molecule has 2 fully saturated rings. The van der Waals surface area contributed by atoms with E-state index >= 15 is 0 Å². The topological polar surface area (TPSA) is 80.1 Å². The van der Waals surface area contributed by atoms with Gasteiger partial charge in [-0.1, -0.05) is 0 Å². The van der Waals surface area contributed by atoms with E-state index in [2.05, 4.69) is 27.0 Å². The van der Waals surface area contributed by atoms with Crippen LogP contribution in [0.1, 0.15) is 32.0 Å². The SMILES string of the molecule is CC1(c2nc(N3CCC(N)C3)n[nH]2)CCCO1. The minimum Gasteiger partial charge on any atom is -0.367 e. The molecule has 0 amide bonds. The molecule has 3 rings (SSSR count). The van der Waals surface area contributed by atoms with Crippen molar-refractivity contribution in [3.05, 3.63) is 5.82 Å². The monoisotopic (exact) mass is 237 g/mol. The highest BCUT2D eigenvalue weighted by molar-refractivity contribution is 5.32. The second-order valence-corrected chi connectivity index (χ2v) is 5.16. The fraction of sp³-hybridized carbons (Fsp3) is 0.818. The lowest BCUT2D eigenvalue weighted by molar-refractivity contribution is 0.00967. The van der Waals surface area contributed by atoms with Gasteiger partial charge in [-0.25, -0.2) is 0 Å². The van der Waals surface area contributed by atoms with E-state index in [1.165, 1.54) is 0 Å². The van der Waals surface area contributed by atoms with Crippen LogP contribution in [-0.4, -0.2) is 40.9 Å². The highest BCUT2D eigenvalue weighted by atomic mass is 16.5. The van der Waals surface area contributed by atoms with E-state index in [-0.39, 0.29) is 11.6 Å². The Balaban J connectivity index is 1.78. The Kier molecular flexibility index (Phi) is 2.56. The predicted molar refractivity (Wildman–Crippen MR) is 63.7 cm³/mol. The third-order valence-electron chi connectivity index (χ3n) is 3.70. The number of nitrogens with two attached hydrogens (primary N) is 1. The summed E-state index contributed by atoms with van der Waals surface area (Å²) in [6.45, 7) is 4.66. The van der Waals surface area contributed by atoms with Crippen LogP contribution in [0.4, 0.5) is 5.95 Å². The summed E-state index contributed by atoms with van der Waals surface area (Å²) in [5, 5.41) is 7.29. The van der Waals surface area contributed by atoms with Gasteiger partial charge in [-0.15, -0.1) is 5.10 Å². The Hall–Kier alpha value is -1.14. The first-order valence-electron chi connectivity index (χ1n) is 6.25. The molecule has 6 nitrogen and oxygen atoms in total. The minimum atomic E-state index is -0.285. The highest BCUT2D eigenvalue weighted by Gasteiger charge is 2.36. The molecular weight excluding hydrogens is 218 g/mol. The quantitative estimate of drug-likeness (QED) is 0.776. The van der Waals surface area contributed by atoms with Crippen molar-refractivity contribution < 1.29 is 4.74 Å². The molecule has 2 unspecified atom stereocenters. The molecule has 2 aliphatic heterocycles. The van der Waals surface area contributed by atoms with Crippen molar-refractivity contribution in [1.29, 1.82) is 0 Å². The summed E-state index contributed by atoms with van der Waals surface area (Å²) in [4.78, 5) is 6.69. The van der Waals surface area contributed by atoms with Crippen molar-refractivity contribution in [2.75, 3.05) is 24.6 Å². The number of hydrogen-bond donors (Lipinski definition) is 2. The summed E-state index contributed by atoms with van der Waals surface area (Å²) in [6.07, 6.45) is 3.10. The molecule has 0 aliphatic carbocycles. The van der Waals surface area contributed by atoms with Crippen LogP contribution in [0.15, 0.2) is 0 Å². The summed E-state index contributed by atoms with van der Waals surface area (Å²) < 4.78 is 5.75. The molecule has 94 valence electrons. The molecule has 2 saturated heterocycles. The van der Waals surface area contributed by atoms with Crippen LogP contribution in [0, 0.1) is 0 Å². The number of hydrogen-bond acceptors (Lipinski definition) is 5. The second-order valence-electron chi connectivity index (χ2n) is 5.16. The molecule has 6 heteroatoms. The minimum absolute atomic E-state index is 0.246. The van der Waals surface area contributed by atoms with Crippen molar-refractivity contribution in [1.82, 2.24) is 15.2 Å². The maximum Gasteiger partial charge on any atom is 0.244 e. The van der Waals surface area contributed by atoms with Crippen LogP contribution in [0.5, 0.6) is 0 Å². The van der Waals surface area contributed by atoms with E-state index in [9.17, 15) is 0 Å². The van der Waals surface area contributed by atoms with Gasteiger partial charge in [0.05, 0.1) is 0 Å². The number of rotatable bonds is 2. The zero-order chi connectivity index (χ0) is 11.9. The molecule has 0 radical (unpaired) electrons. The van der Waals surface area contributed by atoms with Gasteiger partial charge in [0, 0.05) is 25.7 Å². The lowest BCUT2D eigenvalue weighted by Gasteiger charge is -2.19. The van der Waals surface area contributed by atoms with Gasteiger partial charge < -0.3 is 15.4 Å². The molecule has 2 aliphatic rings. The van der Waals surface area contributed by atoms with Crippen LogP contribution in [0.25, 0.3) is 0 Å². The molecule has 0 saturated carbocycles. The van der Waals surface area contributed by atoms with Crippen LogP contribution in [0.2, 0.25) is 0 Å². The Morgan fingerprint density at radius 2 is 2.47 bits per heavy atom. The van der Waals surface area contributed by atoms with E-state index in [1.54, 1.807) is 0 Å². The van der Waals surface area contributed by atoms with E-state index in [4.69, 9.17) is 10.5 Å². The molecular formula is C11H19N5O. The van der Waals surface area contributed by atoms with Crippen molar-refractivity contribution in [2.45, 2.75) is 37.8 Å². The average molecular weight is 237 g/mol. The van der Waals surface area contributed by atoms with Gasteiger partial charge in [0.2, 0.25) is 5.95 Å². The number of anilines is 1. The zero-order valence-corrected chi connectivity index (χ0v) is 10.1. The molecule has 0 bridgehead atoms. The molecule has 17 heavy (non-hydrogen) atoms.